The number of nitrogens with one attached hydrogen (secondary N) is 2. The lowest BCUT2D eigenvalue weighted by Crippen LogP contribution is -2.40. The van der Waals surface area contributed by atoms with Crippen LogP contribution in [0.25, 0.3) is 6.08 Å². The Morgan fingerprint density at radius 3 is 2.26 bits per heavy atom. The van der Waals surface area contributed by atoms with Crippen LogP contribution in [0.1, 0.15) is 15.9 Å². The minimum atomic E-state index is -0.442. The molecular formula is C17H15ClN2O3. The number of ether oxygens (including phenoxy) is 1. The molecule has 0 aromatic heterocycles. The fourth-order valence-electron chi connectivity index (χ4n) is 1.72. The number of amides is 2. The molecule has 0 spiro atoms. The zero-order valence-electron chi connectivity index (χ0n) is 12.4. The van der Waals surface area contributed by atoms with E-state index in [1.54, 1.807) is 49.6 Å². The van der Waals surface area contributed by atoms with Crippen LogP contribution in [0.2, 0.25) is 5.02 Å². The molecule has 2 rings (SSSR count). The number of halogens is 1. The van der Waals surface area contributed by atoms with Crippen molar-refractivity contribution in [2.45, 2.75) is 0 Å². The van der Waals surface area contributed by atoms with Gasteiger partial charge in [-0.05, 0) is 48.0 Å². The van der Waals surface area contributed by atoms with E-state index in [0.717, 1.165) is 11.3 Å². The molecule has 0 aliphatic heterocycles. The van der Waals surface area contributed by atoms with Crippen LogP contribution in [0.4, 0.5) is 0 Å². The second-order valence-electron chi connectivity index (χ2n) is 4.56. The van der Waals surface area contributed by atoms with Gasteiger partial charge in [0.05, 0.1) is 7.11 Å². The molecule has 23 heavy (non-hydrogen) atoms. The zero-order chi connectivity index (χ0) is 16.7. The number of hydrazine groups is 1. The summed E-state index contributed by atoms with van der Waals surface area (Å²) in [6.07, 6.45) is 2.95. The van der Waals surface area contributed by atoms with Crippen molar-refractivity contribution >= 4 is 29.5 Å². The van der Waals surface area contributed by atoms with E-state index < -0.39 is 11.8 Å². The number of hydrogen-bond donors (Lipinski definition) is 2. The van der Waals surface area contributed by atoms with Gasteiger partial charge in [0.1, 0.15) is 5.75 Å². The molecule has 2 aromatic rings. The van der Waals surface area contributed by atoms with Crippen molar-refractivity contribution < 1.29 is 14.3 Å². The summed E-state index contributed by atoms with van der Waals surface area (Å²) in [4.78, 5) is 23.5. The zero-order valence-corrected chi connectivity index (χ0v) is 13.1. The highest BCUT2D eigenvalue weighted by Gasteiger charge is 2.05. The van der Waals surface area contributed by atoms with Crippen LogP contribution < -0.4 is 15.6 Å². The van der Waals surface area contributed by atoms with Crippen LogP contribution in [-0.2, 0) is 4.79 Å². The molecule has 118 valence electrons. The fourth-order valence-corrected chi connectivity index (χ4v) is 1.85. The first kappa shape index (κ1) is 16.6. The standard InChI is InChI=1S/C17H15ClN2O3/c1-23-15-9-2-12(3-10-15)4-11-16(21)19-20-17(22)13-5-7-14(18)8-6-13/h2-11H,1H3,(H,19,21)(H,20,22)/b11-4+. The highest BCUT2D eigenvalue weighted by atomic mass is 35.5. The van der Waals surface area contributed by atoms with Crippen molar-refractivity contribution in [1.29, 1.82) is 0 Å². The summed E-state index contributed by atoms with van der Waals surface area (Å²) in [6.45, 7) is 0. The number of rotatable bonds is 4. The van der Waals surface area contributed by atoms with Gasteiger partial charge >= 0.3 is 0 Å². The number of carbonyl (C=O) groups excluding carboxylic acids is 2. The van der Waals surface area contributed by atoms with Crippen molar-refractivity contribution in [3.05, 3.63) is 70.8 Å². The maximum atomic E-state index is 11.8. The van der Waals surface area contributed by atoms with Crippen molar-refractivity contribution in [1.82, 2.24) is 10.9 Å². The van der Waals surface area contributed by atoms with Crippen molar-refractivity contribution in [3.63, 3.8) is 0 Å². The Morgan fingerprint density at radius 1 is 1.00 bits per heavy atom. The molecule has 0 heterocycles. The Morgan fingerprint density at radius 2 is 1.65 bits per heavy atom. The highest BCUT2D eigenvalue weighted by molar-refractivity contribution is 6.30. The molecule has 6 heteroatoms. The van der Waals surface area contributed by atoms with E-state index in [2.05, 4.69) is 10.9 Å². The lowest BCUT2D eigenvalue weighted by Gasteiger charge is -2.05. The second-order valence-corrected chi connectivity index (χ2v) is 4.99. The van der Waals surface area contributed by atoms with Gasteiger partial charge in [0, 0.05) is 16.7 Å². The molecule has 2 N–H and O–H groups in total. The maximum Gasteiger partial charge on any atom is 0.269 e. The third-order valence-corrected chi connectivity index (χ3v) is 3.20. The average Bonchev–Trinajstić information content (AvgIpc) is 2.59. The minimum Gasteiger partial charge on any atom is -0.497 e. The molecule has 0 unspecified atom stereocenters. The Labute approximate surface area is 138 Å². The van der Waals surface area contributed by atoms with E-state index in [0.29, 0.717) is 10.6 Å². The van der Waals surface area contributed by atoms with Crippen molar-refractivity contribution in [2.24, 2.45) is 0 Å². The SMILES string of the molecule is COc1ccc(/C=C/C(=O)NNC(=O)c2ccc(Cl)cc2)cc1. The molecule has 5 nitrogen and oxygen atoms in total. The smallest absolute Gasteiger partial charge is 0.269 e. The Bertz CT molecular complexity index is 710. The molecule has 0 aliphatic rings. The summed E-state index contributed by atoms with van der Waals surface area (Å²) in [5.41, 5.74) is 5.86. The normalized spacial score (nSPS) is 10.3. The number of hydrogen-bond acceptors (Lipinski definition) is 3. The summed E-state index contributed by atoms with van der Waals surface area (Å²) in [5.74, 6) is -0.127. The predicted octanol–water partition coefficient (Wildman–Crippen LogP) is 2.82. The van der Waals surface area contributed by atoms with Crippen LogP contribution >= 0.6 is 11.6 Å². The Hall–Kier alpha value is -2.79. The topological polar surface area (TPSA) is 67.4 Å². The largest absolute Gasteiger partial charge is 0.497 e. The van der Waals surface area contributed by atoms with E-state index >= 15 is 0 Å². The number of methoxy groups -OCH3 is 1. The lowest BCUT2D eigenvalue weighted by molar-refractivity contribution is -0.117. The first-order valence-electron chi connectivity index (χ1n) is 6.76. The highest BCUT2D eigenvalue weighted by Crippen LogP contribution is 2.12. The van der Waals surface area contributed by atoms with Crippen LogP contribution in [-0.4, -0.2) is 18.9 Å². The first-order valence-corrected chi connectivity index (χ1v) is 7.14. The molecule has 2 aromatic carbocycles. The summed E-state index contributed by atoms with van der Waals surface area (Å²) >= 11 is 5.74. The summed E-state index contributed by atoms with van der Waals surface area (Å²) in [7, 11) is 1.58. The predicted molar refractivity (Wildman–Crippen MR) is 89.1 cm³/mol. The number of carbonyl (C=O) groups is 2. The van der Waals surface area contributed by atoms with Crippen molar-refractivity contribution in [3.8, 4) is 5.75 Å². The summed E-state index contributed by atoms with van der Waals surface area (Å²) in [6, 6.07) is 13.5. The summed E-state index contributed by atoms with van der Waals surface area (Å²) < 4.78 is 5.05. The van der Waals surface area contributed by atoms with E-state index in [9.17, 15) is 9.59 Å². The van der Waals surface area contributed by atoms with E-state index in [4.69, 9.17) is 16.3 Å². The van der Waals surface area contributed by atoms with Gasteiger partial charge in [-0.3, -0.25) is 20.4 Å². The van der Waals surface area contributed by atoms with Gasteiger partial charge < -0.3 is 4.74 Å². The van der Waals surface area contributed by atoms with Crippen molar-refractivity contribution in [2.75, 3.05) is 7.11 Å². The summed E-state index contributed by atoms with van der Waals surface area (Å²) in [5, 5.41) is 0.535. The third kappa shape index (κ3) is 5.16. The van der Waals surface area contributed by atoms with Gasteiger partial charge in [0.2, 0.25) is 0 Å². The van der Waals surface area contributed by atoms with Gasteiger partial charge in [0.15, 0.2) is 0 Å². The maximum absolute atomic E-state index is 11.8. The van der Waals surface area contributed by atoms with Gasteiger partial charge in [0.25, 0.3) is 11.8 Å². The van der Waals surface area contributed by atoms with Crippen LogP contribution in [0, 0.1) is 0 Å². The number of benzene rings is 2. The molecule has 0 atom stereocenters. The lowest BCUT2D eigenvalue weighted by atomic mass is 10.2. The molecule has 0 fully saturated rings. The van der Waals surface area contributed by atoms with E-state index in [1.165, 1.54) is 6.08 Å². The molecule has 0 saturated heterocycles. The average molecular weight is 331 g/mol. The molecule has 0 bridgehead atoms. The monoisotopic (exact) mass is 330 g/mol. The molecule has 0 aliphatic carbocycles. The Balaban J connectivity index is 1.85. The van der Waals surface area contributed by atoms with Crippen LogP contribution in [0.5, 0.6) is 5.75 Å². The van der Waals surface area contributed by atoms with Gasteiger partial charge in [-0.15, -0.1) is 0 Å². The van der Waals surface area contributed by atoms with Crippen LogP contribution in [0.3, 0.4) is 0 Å². The molecule has 0 radical (unpaired) electrons. The minimum absolute atomic E-state index is 0.397. The van der Waals surface area contributed by atoms with Crippen LogP contribution in [0.15, 0.2) is 54.6 Å². The molecule has 2 amide bonds. The fraction of sp³-hybridized carbons (Fsp3) is 0.0588. The quantitative estimate of drug-likeness (QED) is 0.669. The van der Waals surface area contributed by atoms with Gasteiger partial charge in [-0.1, -0.05) is 23.7 Å². The second kappa shape index (κ2) is 8.00. The molecule has 0 saturated carbocycles. The van der Waals surface area contributed by atoms with E-state index in [1.807, 2.05) is 12.1 Å². The van der Waals surface area contributed by atoms with Gasteiger partial charge in [-0.2, -0.15) is 0 Å². The first-order chi connectivity index (χ1) is 11.1. The Kier molecular flexibility index (Phi) is 5.77. The molecular weight excluding hydrogens is 316 g/mol. The van der Waals surface area contributed by atoms with Gasteiger partial charge in [-0.25, -0.2) is 0 Å². The third-order valence-electron chi connectivity index (χ3n) is 2.95. The van der Waals surface area contributed by atoms with E-state index in [-0.39, 0.29) is 0 Å².